The number of aliphatic imine (C=N–C) groups is 1. The third kappa shape index (κ3) is 5.82. The number of para-hydroxylation sites is 2. The summed E-state index contributed by atoms with van der Waals surface area (Å²) in [7, 11) is 0. The lowest BCUT2D eigenvalue weighted by Gasteiger charge is -2.25. The molecule has 0 bridgehead atoms. The van der Waals surface area contributed by atoms with Crippen molar-refractivity contribution in [1.29, 1.82) is 0 Å². The number of rotatable bonds is 7. The predicted octanol–water partition coefficient (Wildman–Crippen LogP) is 9.08. The summed E-state index contributed by atoms with van der Waals surface area (Å²) in [5.41, 5.74) is 7.73. The van der Waals surface area contributed by atoms with Crippen molar-refractivity contribution >= 4 is 41.1 Å². The predicted molar refractivity (Wildman–Crippen MR) is 150 cm³/mol. The Morgan fingerprint density at radius 1 is 0.400 bits per heavy atom. The van der Waals surface area contributed by atoms with E-state index >= 15 is 0 Å². The van der Waals surface area contributed by atoms with Crippen molar-refractivity contribution in [3.63, 3.8) is 0 Å². The van der Waals surface area contributed by atoms with Gasteiger partial charge in [0.2, 0.25) is 0 Å². The van der Waals surface area contributed by atoms with Gasteiger partial charge in [-0.2, -0.15) is 0 Å². The summed E-state index contributed by atoms with van der Waals surface area (Å²) in [5.74, 6) is 0. The number of anilines is 3. The molecule has 35 heavy (non-hydrogen) atoms. The Morgan fingerprint density at radius 3 is 1.34 bits per heavy atom. The summed E-state index contributed by atoms with van der Waals surface area (Å²) in [6.45, 7) is 0. The molecule has 0 saturated carbocycles. The zero-order chi connectivity index (χ0) is 23.7. The van der Waals surface area contributed by atoms with Gasteiger partial charge in [-0.3, -0.25) is 4.99 Å². The minimum atomic E-state index is 0.942. The zero-order valence-corrected chi connectivity index (χ0v) is 19.4. The van der Waals surface area contributed by atoms with E-state index in [0.29, 0.717) is 0 Å². The van der Waals surface area contributed by atoms with Gasteiger partial charge in [0.05, 0.1) is 5.69 Å². The van der Waals surface area contributed by atoms with E-state index in [2.05, 4.69) is 107 Å². The van der Waals surface area contributed by atoms with Crippen LogP contribution in [0.25, 0.3) is 12.2 Å². The van der Waals surface area contributed by atoms with Gasteiger partial charge in [-0.15, -0.1) is 0 Å². The van der Waals surface area contributed by atoms with Crippen LogP contribution in [-0.2, 0) is 0 Å². The Hall–Kier alpha value is -4.69. The highest BCUT2D eigenvalue weighted by atomic mass is 15.1. The van der Waals surface area contributed by atoms with Crippen molar-refractivity contribution < 1.29 is 0 Å². The Morgan fingerprint density at radius 2 is 0.829 bits per heavy atom. The first kappa shape index (κ1) is 22.1. The Balaban J connectivity index is 1.30. The molecule has 168 valence electrons. The van der Waals surface area contributed by atoms with E-state index in [4.69, 9.17) is 0 Å². The van der Waals surface area contributed by atoms with Gasteiger partial charge in [-0.1, -0.05) is 103 Å². The first-order chi connectivity index (χ1) is 17.3. The van der Waals surface area contributed by atoms with Crippen LogP contribution in [0.1, 0.15) is 16.7 Å². The second-order valence-electron chi connectivity index (χ2n) is 8.19. The first-order valence-electron chi connectivity index (χ1n) is 11.7. The van der Waals surface area contributed by atoms with Crippen LogP contribution in [0.4, 0.5) is 22.7 Å². The molecule has 0 fully saturated rings. The van der Waals surface area contributed by atoms with Gasteiger partial charge >= 0.3 is 0 Å². The van der Waals surface area contributed by atoms with E-state index in [1.165, 1.54) is 0 Å². The molecule has 0 aromatic heterocycles. The van der Waals surface area contributed by atoms with Gasteiger partial charge in [0.15, 0.2) is 0 Å². The third-order valence-corrected chi connectivity index (χ3v) is 5.70. The van der Waals surface area contributed by atoms with Crippen molar-refractivity contribution in [1.82, 2.24) is 0 Å². The standard InChI is InChI=1S/C33H26N2/c1-4-10-29(11-5-1)26-34-30-22-18-27(19-23-30)16-17-28-20-24-33(25-21-28)35(31-12-6-2-7-13-31)32-14-8-3-9-15-32/h1-26H/b17-16+,34-26?. The van der Waals surface area contributed by atoms with E-state index in [1.807, 2.05) is 60.8 Å². The maximum absolute atomic E-state index is 4.56. The number of hydrogen-bond donors (Lipinski definition) is 0. The fourth-order valence-electron chi connectivity index (χ4n) is 3.89. The molecule has 2 nitrogen and oxygen atoms in total. The molecule has 0 spiro atoms. The first-order valence-corrected chi connectivity index (χ1v) is 11.7. The lowest BCUT2D eigenvalue weighted by molar-refractivity contribution is 1.28. The second-order valence-corrected chi connectivity index (χ2v) is 8.19. The molecule has 5 aromatic carbocycles. The largest absolute Gasteiger partial charge is 0.311 e. The van der Waals surface area contributed by atoms with Crippen LogP contribution in [0.5, 0.6) is 0 Å². The van der Waals surface area contributed by atoms with Crippen molar-refractivity contribution in [2.24, 2.45) is 4.99 Å². The van der Waals surface area contributed by atoms with Crippen LogP contribution in [0.15, 0.2) is 145 Å². The molecule has 0 radical (unpaired) electrons. The highest BCUT2D eigenvalue weighted by Gasteiger charge is 2.11. The average molecular weight is 451 g/mol. The van der Waals surface area contributed by atoms with Crippen LogP contribution < -0.4 is 4.90 Å². The van der Waals surface area contributed by atoms with Crippen molar-refractivity contribution in [3.8, 4) is 0 Å². The quantitative estimate of drug-likeness (QED) is 0.178. The Bertz CT molecular complexity index is 1350. The molecule has 0 aliphatic carbocycles. The summed E-state index contributed by atoms with van der Waals surface area (Å²) >= 11 is 0. The molecular formula is C33H26N2. The molecule has 0 heterocycles. The van der Waals surface area contributed by atoms with Crippen LogP contribution in [0, 0.1) is 0 Å². The molecule has 5 rings (SSSR count). The molecule has 5 aromatic rings. The summed E-state index contributed by atoms with van der Waals surface area (Å²) < 4.78 is 0. The van der Waals surface area contributed by atoms with Crippen LogP contribution in [0.3, 0.4) is 0 Å². The van der Waals surface area contributed by atoms with E-state index in [1.54, 1.807) is 0 Å². The van der Waals surface area contributed by atoms with Crippen LogP contribution in [-0.4, -0.2) is 6.21 Å². The fourth-order valence-corrected chi connectivity index (χ4v) is 3.89. The molecule has 0 aliphatic rings. The smallest absolute Gasteiger partial charge is 0.0630 e. The summed E-state index contributed by atoms with van der Waals surface area (Å²) in [4.78, 5) is 6.82. The third-order valence-electron chi connectivity index (χ3n) is 5.70. The topological polar surface area (TPSA) is 15.6 Å². The maximum atomic E-state index is 4.56. The maximum Gasteiger partial charge on any atom is 0.0630 e. The lowest BCUT2D eigenvalue weighted by Crippen LogP contribution is -2.09. The second kappa shape index (κ2) is 11.0. The molecule has 2 heteroatoms. The molecule has 0 atom stereocenters. The van der Waals surface area contributed by atoms with Gasteiger partial charge in [0.1, 0.15) is 0 Å². The van der Waals surface area contributed by atoms with Gasteiger partial charge in [0.25, 0.3) is 0 Å². The molecule has 0 aliphatic heterocycles. The highest BCUT2D eigenvalue weighted by molar-refractivity contribution is 5.82. The van der Waals surface area contributed by atoms with Crippen molar-refractivity contribution in [2.75, 3.05) is 4.90 Å². The van der Waals surface area contributed by atoms with E-state index in [9.17, 15) is 0 Å². The summed E-state index contributed by atoms with van der Waals surface area (Å²) in [5, 5.41) is 0. The summed E-state index contributed by atoms with van der Waals surface area (Å²) in [6, 6.07) is 48.0. The minimum Gasteiger partial charge on any atom is -0.311 e. The Labute approximate surface area is 207 Å². The van der Waals surface area contributed by atoms with Gasteiger partial charge < -0.3 is 4.90 Å². The molecule has 0 unspecified atom stereocenters. The average Bonchev–Trinajstić information content (AvgIpc) is 2.94. The molecule has 0 amide bonds. The van der Waals surface area contributed by atoms with E-state index < -0.39 is 0 Å². The molecule has 0 saturated heterocycles. The van der Waals surface area contributed by atoms with E-state index in [0.717, 1.165) is 39.4 Å². The van der Waals surface area contributed by atoms with Gasteiger partial charge in [-0.25, -0.2) is 0 Å². The highest BCUT2D eigenvalue weighted by Crippen LogP contribution is 2.34. The number of nitrogens with zero attached hydrogens (tertiary/aromatic N) is 2. The monoisotopic (exact) mass is 450 g/mol. The fraction of sp³-hybridized carbons (Fsp3) is 0. The SMILES string of the molecule is C(=Nc1ccc(/C=C/c2ccc(N(c3ccccc3)c3ccccc3)cc2)cc1)c1ccccc1. The molecule has 0 N–H and O–H groups in total. The molecular weight excluding hydrogens is 424 g/mol. The normalized spacial score (nSPS) is 11.2. The minimum absolute atomic E-state index is 0.942. The zero-order valence-electron chi connectivity index (χ0n) is 19.4. The number of benzene rings is 5. The van der Waals surface area contributed by atoms with E-state index in [-0.39, 0.29) is 0 Å². The van der Waals surface area contributed by atoms with Crippen molar-refractivity contribution in [2.45, 2.75) is 0 Å². The summed E-state index contributed by atoms with van der Waals surface area (Å²) in [6.07, 6.45) is 6.16. The lowest BCUT2D eigenvalue weighted by atomic mass is 10.1. The Kier molecular flexibility index (Phi) is 6.92. The van der Waals surface area contributed by atoms with Crippen LogP contribution in [0.2, 0.25) is 0 Å². The van der Waals surface area contributed by atoms with Gasteiger partial charge in [0, 0.05) is 23.3 Å². The number of hydrogen-bond acceptors (Lipinski definition) is 2. The van der Waals surface area contributed by atoms with Crippen molar-refractivity contribution in [3.05, 3.63) is 156 Å². The van der Waals surface area contributed by atoms with Gasteiger partial charge in [-0.05, 0) is 65.2 Å². The van der Waals surface area contributed by atoms with Crippen LogP contribution >= 0.6 is 0 Å².